The van der Waals surface area contributed by atoms with Crippen molar-refractivity contribution in [3.8, 4) is 0 Å². The zero-order chi connectivity index (χ0) is 14.2. The van der Waals surface area contributed by atoms with Crippen molar-refractivity contribution in [3.63, 3.8) is 0 Å². The molecule has 0 aliphatic carbocycles. The monoisotopic (exact) mass is 346 g/mol. The van der Waals surface area contributed by atoms with Crippen molar-refractivity contribution in [1.29, 1.82) is 0 Å². The van der Waals surface area contributed by atoms with E-state index >= 15 is 0 Å². The zero-order valence-corrected chi connectivity index (χ0v) is 13.0. The SMILES string of the molecule is CC1CCN(c2ccc(C(N)=S)c(Br)c2F)CC1O. The molecule has 3 N–H and O–H groups in total. The minimum absolute atomic E-state index is 0.157. The molecule has 1 heterocycles. The Morgan fingerprint density at radius 1 is 1.58 bits per heavy atom. The lowest BCUT2D eigenvalue weighted by atomic mass is 9.95. The van der Waals surface area contributed by atoms with Crippen molar-refractivity contribution in [2.75, 3.05) is 18.0 Å². The summed E-state index contributed by atoms with van der Waals surface area (Å²) in [5, 5.41) is 9.90. The van der Waals surface area contributed by atoms with E-state index in [-0.39, 0.29) is 21.2 Å². The highest BCUT2D eigenvalue weighted by Gasteiger charge is 2.27. The van der Waals surface area contributed by atoms with Gasteiger partial charge in [-0.1, -0.05) is 19.1 Å². The molecule has 6 heteroatoms. The second-order valence-electron chi connectivity index (χ2n) is 4.90. The second kappa shape index (κ2) is 5.73. The summed E-state index contributed by atoms with van der Waals surface area (Å²) in [5.74, 6) is -0.134. The smallest absolute Gasteiger partial charge is 0.161 e. The van der Waals surface area contributed by atoms with Gasteiger partial charge in [0.1, 0.15) is 4.99 Å². The molecule has 0 radical (unpaired) electrons. The molecule has 1 aromatic carbocycles. The average molecular weight is 347 g/mol. The van der Waals surface area contributed by atoms with Gasteiger partial charge >= 0.3 is 0 Å². The number of hydrogen-bond acceptors (Lipinski definition) is 3. The maximum absolute atomic E-state index is 14.3. The first-order valence-electron chi connectivity index (χ1n) is 6.12. The van der Waals surface area contributed by atoms with Crippen LogP contribution in [0.2, 0.25) is 0 Å². The van der Waals surface area contributed by atoms with E-state index in [1.807, 2.05) is 11.8 Å². The Hall–Kier alpha value is -0.720. The van der Waals surface area contributed by atoms with Crippen LogP contribution in [0.5, 0.6) is 0 Å². The van der Waals surface area contributed by atoms with Crippen molar-refractivity contribution in [2.24, 2.45) is 11.7 Å². The van der Waals surface area contributed by atoms with Gasteiger partial charge in [-0.05, 0) is 40.4 Å². The van der Waals surface area contributed by atoms with Crippen LogP contribution < -0.4 is 10.6 Å². The van der Waals surface area contributed by atoms with Gasteiger partial charge in [0.2, 0.25) is 0 Å². The van der Waals surface area contributed by atoms with E-state index < -0.39 is 6.10 Å². The minimum Gasteiger partial charge on any atom is -0.391 e. The highest BCUT2D eigenvalue weighted by atomic mass is 79.9. The number of halogens is 2. The van der Waals surface area contributed by atoms with Crippen LogP contribution >= 0.6 is 28.1 Å². The molecule has 0 bridgehead atoms. The van der Waals surface area contributed by atoms with Crippen LogP contribution in [-0.2, 0) is 0 Å². The van der Waals surface area contributed by atoms with Crippen LogP contribution in [0.3, 0.4) is 0 Å². The average Bonchev–Trinajstić information content (AvgIpc) is 2.36. The third-order valence-electron chi connectivity index (χ3n) is 3.59. The van der Waals surface area contributed by atoms with Crippen LogP contribution in [0.25, 0.3) is 0 Å². The van der Waals surface area contributed by atoms with E-state index in [1.165, 1.54) is 0 Å². The van der Waals surface area contributed by atoms with Gasteiger partial charge in [0, 0.05) is 18.7 Å². The molecule has 0 amide bonds. The molecule has 19 heavy (non-hydrogen) atoms. The molecule has 0 saturated carbocycles. The highest BCUT2D eigenvalue weighted by Crippen LogP contribution is 2.32. The Balaban J connectivity index is 2.31. The number of rotatable bonds is 2. The number of anilines is 1. The van der Waals surface area contributed by atoms with E-state index in [2.05, 4.69) is 15.9 Å². The molecule has 104 valence electrons. The molecule has 1 aliphatic heterocycles. The van der Waals surface area contributed by atoms with Gasteiger partial charge < -0.3 is 15.7 Å². The first kappa shape index (κ1) is 14.7. The van der Waals surface area contributed by atoms with Crippen molar-refractivity contribution < 1.29 is 9.50 Å². The van der Waals surface area contributed by atoms with E-state index in [9.17, 15) is 9.50 Å². The summed E-state index contributed by atoms with van der Waals surface area (Å²) in [7, 11) is 0. The van der Waals surface area contributed by atoms with E-state index in [0.717, 1.165) is 13.0 Å². The molecule has 0 spiro atoms. The summed E-state index contributed by atoms with van der Waals surface area (Å²) in [6.45, 7) is 3.18. The van der Waals surface area contributed by atoms with Gasteiger partial charge in [0.25, 0.3) is 0 Å². The van der Waals surface area contributed by atoms with Crippen molar-refractivity contribution in [1.82, 2.24) is 0 Å². The number of piperidine rings is 1. The van der Waals surface area contributed by atoms with E-state index in [0.29, 0.717) is 17.8 Å². The number of aliphatic hydroxyl groups excluding tert-OH is 1. The lowest BCUT2D eigenvalue weighted by Gasteiger charge is -2.36. The minimum atomic E-state index is -0.429. The lowest BCUT2D eigenvalue weighted by molar-refractivity contribution is 0.102. The van der Waals surface area contributed by atoms with Gasteiger partial charge in [0.15, 0.2) is 5.82 Å². The number of nitrogens with zero attached hydrogens (tertiary/aromatic N) is 1. The summed E-state index contributed by atoms with van der Waals surface area (Å²) in [6, 6.07) is 3.37. The number of β-amino-alcohol motifs (C(OH)–C–C–N with tert-alkyl or cyclic N) is 1. The maximum Gasteiger partial charge on any atom is 0.161 e. The fourth-order valence-electron chi connectivity index (χ4n) is 2.24. The molecule has 0 aromatic heterocycles. The van der Waals surface area contributed by atoms with Gasteiger partial charge in [-0.15, -0.1) is 0 Å². The molecule has 1 saturated heterocycles. The predicted octanol–water partition coefficient (Wildman–Crippen LogP) is 2.43. The molecular formula is C13H16BrFN2OS. The Morgan fingerprint density at radius 3 is 2.84 bits per heavy atom. The summed E-state index contributed by atoms with van der Waals surface area (Å²) >= 11 is 8.06. The molecule has 1 aliphatic rings. The molecule has 2 rings (SSSR count). The number of aliphatic hydroxyl groups is 1. The van der Waals surface area contributed by atoms with Gasteiger partial charge in [-0.3, -0.25) is 0 Å². The number of thiocarbonyl (C=S) groups is 1. The Bertz CT molecular complexity index is 512. The third-order valence-corrected chi connectivity index (χ3v) is 4.58. The molecule has 3 nitrogen and oxygen atoms in total. The Kier molecular flexibility index (Phi) is 4.43. The van der Waals surface area contributed by atoms with Crippen LogP contribution in [0.1, 0.15) is 18.9 Å². The Morgan fingerprint density at radius 2 is 2.26 bits per heavy atom. The highest BCUT2D eigenvalue weighted by molar-refractivity contribution is 9.10. The summed E-state index contributed by atoms with van der Waals surface area (Å²) in [5.41, 5.74) is 6.49. The quantitative estimate of drug-likeness (QED) is 0.807. The summed E-state index contributed by atoms with van der Waals surface area (Å²) in [4.78, 5) is 2.01. The van der Waals surface area contributed by atoms with Crippen LogP contribution in [-0.4, -0.2) is 29.3 Å². The lowest BCUT2D eigenvalue weighted by Crippen LogP contribution is -2.43. The number of hydrogen-bond donors (Lipinski definition) is 2. The van der Waals surface area contributed by atoms with E-state index in [4.69, 9.17) is 18.0 Å². The largest absolute Gasteiger partial charge is 0.391 e. The first-order chi connectivity index (χ1) is 8.91. The van der Waals surface area contributed by atoms with E-state index in [1.54, 1.807) is 12.1 Å². The molecule has 2 atom stereocenters. The summed E-state index contributed by atoms with van der Waals surface area (Å²) in [6.07, 6.45) is 0.414. The number of nitrogens with two attached hydrogens (primary N) is 1. The van der Waals surface area contributed by atoms with Crippen molar-refractivity contribution in [2.45, 2.75) is 19.4 Å². The fraction of sp³-hybridized carbons (Fsp3) is 0.462. The van der Waals surface area contributed by atoms with Crippen molar-refractivity contribution >= 4 is 38.8 Å². The van der Waals surface area contributed by atoms with Gasteiger partial charge in [-0.25, -0.2) is 4.39 Å². The topological polar surface area (TPSA) is 49.5 Å². The molecule has 2 unspecified atom stereocenters. The third kappa shape index (κ3) is 2.90. The van der Waals surface area contributed by atoms with Gasteiger partial charge in [-0.2, -0.15) is 0 Å². The fourth-order valence-corrected chi connectivity index (χ4v) is 3.09. The number of benzene rings is 1. The standard InChI is InChI=1S/C13H16BrFN2OS/c1-7-4-5-17(6-10(7)18)9-3-2-8(13(16)19)11(14)12(9)15/h2-3,7,10,18H,4-6H2,1H3,(H2,16,19). The summed E-state index contributed by atoms with van der Waals surface area (Å²) < 4.78 is 14.6. The van der Waals surface area contributed by atoms with Crippen LogP contribution in [0.15, 0.2) is 16.6 Å². The first-order valence-corrected chi connectivity index (χ1v) is 7.32. The zero-order valence-electron chi connectivity index (χ0n) is 10.6. The molecule has 1 aromatic rings. The normalized spacial score (nSPS) is 23.5. The molecular weight excluding hydrogens is 331 g/mol. The predicted molar refractivity (Wildman–Crippen MR) is 82.0 cm³/mol. The molecule has 1 fully saturated rings. The maximum atomic E-state index is 14.3. The van der Waals surface area contributed by atoms with Crippen molar-refractivity contribution in [3.05, 3.63) is 28.0 Å². The Labute approximate surface area is 125 Å². The second-order valence-corrected chi connectivity index (χ2v) is 6.14. The van der Waals surface area contributed by atoms with Crippen LogP contribution in [0, 0.1) is 11.7 Å². The van der Waals surface area contributed by atoms with Gasteiger partial charge in [0.05, 0.1) is 16.3 Å². The van der Waals surface area contributed by atoms with Crippen LogP contribution in [0.4, 0.5) is 10.1 Å².